The van der Waals surface area contributed by atoms with Crippen LogP contribution in [0.15, 0.2) is 18.2 Å². The summed E-state index contributed by atoms with van der Waals surface area (Å²) in [6.07, 6.45) is 3.58. The number of halogens is 1. The number of carboxylic acids is 1. The Kier molecular flexibility index (Phi) is 7.81. The van der Waals surface area contributed by atoms with E-state index in [2.05, 4.69) is 10.6 Å². The van der Waals surface area contributed by atoms with Gasteiger partial charge in [0.15, 0.2) is 0 Å². The second kappa shape index (κ2) is 10.1. The van der Waals surface area contributed by atoms with Crippen molar-refractivity contribution in [3.8, 4) is 5.75 Å². The Balaban J connectivity index is 1.86. The van der Waals surface area contributed by atoms with Crippen molar-refractivity contribution < 1.29 is 24.2 Å². The van der Waals surface area contributed by atoms with Gasteiger partial charge in [0.1, 0.15) is 12.4 Å². The zero-order valence-corrected chi connectivity index (χ0v) is 14.7. The van der Waals surface area contributed by atoms with Gasteiger partial charge in [-0.3, -0.25) is 4.79 Å². The summed E-state index contributed by atoms with van der Waals surface area (Å²) in [7, 11) is 0. The van der Waals surface area contributed by atoms with Crippen molar-refractivity contribution >= 4 is 29.3 Å². The highest BCUT2D eigenvalue weighted by Gasteiger charge is 2.16. The molecule has 0 aromatic heterocycles. The van der Waals surface area contributed by atoms with Crippen LogP contribution in [0.2, 0.25) is 5.02 Å². The number of hydrogen-bond donors (Lipinski definition) is 3. The first kappa shape index (κ1) is 19.3. The van der Waals surface area contributed by atoms with Crippen molar-refractivity contribution in [3.63, 3.8) is 0 Å². The molecule has 1 fully saturated rings. The lowest BCUT2D eigenvalue weighted by Crippen LogP contribution is -2.30. The molecule has 138 valence electrons. The molecule has 0 aliphatic carbocycles. The molecule has 0 spiro atoms. The topological polar surface area (TPSA) is 96.9 Å². The summed E-state index contributed by atoms with van der Waals surface area (Å²) in [5.41, 5.74) is 0.457. The van der Waals surface area contributed by atoms with Crippen LogP contribution >= 0.6 is 11.6 Å². The van der Waals surface area contributed by atoms with Gasteiger partial charge in [0.2, 0.25) is 0 Å². The summed E-state index contributed by atoms with van der Waals surface area (Å²) >= 11 is 5.99. The van der Waals surface area contributed by atoms with Crippen molar-refractivity contribution in [1.82, 2.24) is 5.32 Å². The lowest BCUT2D eigenvalue weighted by molar-refractivity contribution is -0.137. The van der Waals surface area contributed by atoms with Gasteiger partial charge < -0.3 is 25.2 Å². The Bertz CT molecular complexity index is 590. The Morgan fingerprint density at radius 2 is 2.20 bits per heavy atom. The van der Waals surface area contributed by atoms with Gasteiger partial charge in [-0.1, -0.05) is 11.6 Å². The van der Waals surface area contributed by atoms with E-state index in [4.69, 9.17) is 26.2 Å². The lowest BCUT2D eigenvalue weighted by Gasteiger charge is -2.23. The number of ether oxygens (including phenoxy) is 2. The number of rotatable bonds is 8. The van der Waals surface area contributed by atoms with Crippen LogP contribution in [0.4, 0.5) is 10.5 Å². The summed E-state index contributed by atoms with van der Waals surface area (Å²) in [5.74, 6) is -0.378. The number of hydrogen-bond acceptors (Lipinski definition) is 4. The number of anilines is 1. The number of aliphatic carboxylic acids is 1. The van der Waals surface area contributed by atoms with E-state index in [1.807, 2.05) is 0 Å². The highest BCUT2D eigenvalue weighted by molar-refractivity contribution is 6.31. The van der Waals surface area contributed by atoms with Crippen LogP contribution in [-0.2, 0) is 9.53 Å². The number of benzene rings is 1. The zero-order valence-electron chi connectivity index (χ0n) is 13.9. The van der Waals surface area contributed by atoms with Crippen molar-refractivity contribution in [2.45, 2.75) is 38.2 Å². The average molecular weight is 371 g/mol. The molecular weight excluding hydrogens is 348 g/mol. The molecule has 1 saturated heterocycles. The van der Waals surface area contributed by atoms with E-state index in [-0.39, 0.29) is 19.1 Å². The maximum atomic E-state index is 11.9. The van der Waals surface area contributed by atoms with Gasteiger partial charge in [-0.05, 0) is 43.9 Å². The molecule has 25 heavy (non-hydrogen) atoms. The van der Waals surface area contributed by atoms with Crippen LogP contribution in [0.5, 0.6) is 5.75 Å². The van der Waals surface area contributed by atoms with E-state index in [1.54, 1.807) is 18.2 Å². The Morgan fingerprint density at radius 1 is 1.36 bits per heavy atom. The van der Waals surface area contributed by atoms with Gasteiger partial charge in [-0.2, -0.15) is 0 Å². The second-order valence-electron chi connectivity index (χ2n) is 5.82. The van der Waals surface area contributed by atoms with Crippen LogP contribution in [0.3, 0.4) is 0 Å². The molecule has 2 rings (SSSR count). The maximum absolute atomic E-state index is 11.9. The van der Waals surface area contributed by atoms with Gasteiger partial charge in [0.05, 0.1) is 11.8 Å². The Labute approximate surface area is 151 Å². The van der Waals surface area contributed by atoms with Crippen molar-refractivity contribution in [2.75, 3.05) is 25.1 Å². The highest BCUT2D eigenvalue weighted by atomic mass is 35.5. The molecule has 1 atom stereocenters. The minimum atomic E-state index is -0.891. The van der Waals surface area contributed by atoms with Gasteiger partial charge in [-0.15, -0.1) is 0 Å². The van der Waals surface area contributed by atoms with Crippen molar-refractivity contribution in [2.24, 2.45) is 0 Å². The predicted octanol–water partition coefficient (Wildman–Crippen LogP) is 3.27. The van der Waals surface area contributed by atoms with E-state index in [0.717, 1.165) is 25.9 Å². The number of amides is 2. The number of carbonyl (C=O) groups excluding carboxylic acids is 1. The summed E-state index contributed by atoms with van der Waals surface area (Å²) < 4.78 is 11.4. The predicted molar refractivity (Wildman–Crippen MR) is 94.4 cm³/mol. The van der Waals surface area contributed by atoms with Crippen molar-refractivity contribution in [3.05, 3.63) is 23.2 Å². The van der Waals surface area contributed by atoms with Gasteiger partial charge in [0, 0.05) is 24.6 Å². The molecule has 3 N–H and O–H groups in total. The first-order chi connectivity index (χ1) is 12.0. The minimum absolute atomic E-state index is 0.00714. The summed E-state index contributed by atoms with van der Waals surface area (Å²) in [4.78, 5) is 22.4. The molecular formula is C17H23ClN2O5. The third kappa shape index (κ3) is 7.19. The standard InChI is InChI=1S/C17H23ClN2O5/c18-12-6-7-15(25-11-13-4-1-2-9-24-13)14(10-12)20-17(23)19-8-3-5-16(21)22/h6-7,10,13H,1-5,8-9,11H2,(H,21,22)(H2,19,20,23). The second-order valence-corrected chi connectivity index (χ2v) is 6.25. The molecule has 1 aromatic rings. The van der Waals surface area contributed by atoms with E-state index >= 15 is 0 Å². The van der Waals surface area contributed by atoms with E-state index in [9.17, 15) is 9.59 Å². The highest BCUT2D eigenvalue weighted by Crippen LogP contribution is 2.28. The number of carboxylic acid groups (broad SMARTS) is 1. The monoisotopic (exact) mass is 370 g/mol. The van der Waals surface area contributed by atoms with E-state index in [0.29, 0.717) is 29.5 Å². The fourth-order valence-electron chi connectivity index (χ4n) is 2.46. The summed E-state index contributed by atoms with van der Waals surface area (Å²) in [6.45, 7) is 1.43. The summed E-state index contributed by atoms with van der Waals surface area (Å²) in [6, 6.07) is 4.56. The van der Waals surface area contributed by atoms with Crippen LogP contribution in [0.1, 0.15) is 32.1 Å². The van der Waals surface area contributed by atoms with Crippen molar-refractivity contribution in [1.29, 1.82) is 0 Å². The fourth-order valence-corrected chi connectivity index (χ4v) is 2.63. The van der Waals surface area contributed by atoms with Crippen LogP contribution in [0.25, 0.3) is 0 Å². The van der Waals surface area contributed by atoms with Crippen LogP contribution < -0.4 is 15.4 Å². The molecule has 0 saturated carbocycles. The molecule has 0 radical (unpaired) electrons. The molecule has 1 aliphatic heterocycles. The third-order valence-corrected chi connectivity index (χ3v) is 3.98. The fraction of sp³-hybridized carbons (Fsp3) is 0.529. The SMILES string of the molecule is O=C(O)CCCNC(=O)Nc1cc(Cl)ccc1OCC1CCCCO1. The lowest BCUT2D eigenvalue weighted by atomic mass is 10.1. The van der Waals surface area contributed by atoms with E-state index < -0.39 is 12.0 Å². The number of nitrogens with one attached hydrogen (secondary N) is 2. The molecule has 2 amide bonds. The molecule has 8 heteroatoms. The number of carbonyl (C=O) groups is 2. The summed E-state index contributed by atoms with van der Waals surface area (Å²) in [5, 5.41) is 14.3. The first-order valence-corrected chi connectivity index (χ1v) is 8.73. The van der Waals surface area contributed by atoms with Gasteiger partial charge in [-0.25, -0.2) is 4.79 Å². The average Bonchev–Trinajstić information content (AvgIpc) is 2.59. The van der Waals surface area contributed by atoms with Gasteiger partial charge in [0.25, 0.3) is 0 Å². The molecule has 1 unspecified atom stereocenters. The normalized spacial score (nSPS) is 16.9. The Hall–Kier alpha value is -1.99. The molecule has 1 aliphatic rings. The number of urea groups is 1. The minimum Gasteiger partial charge on any atom is -0.489 e. The maximum Gasteiger partial charge on any atom is 0.319 e. The molecule has 1 aromatic carbocycles. The largest absolute Gasteiger partial charge is 0.489 e. The molecule has 0 bridgehead atoms. The van der Waals surface area contributed by atoms with Crippen LogP contribution in [-0.4, -0.2) is 43.0 Å². The molecule has 7 nitrogen and oxygen atoms in total. The third-order valence-electron chi connectivity index (χ3n) is 3.74. The smallest absolute Gasteiger partial charge is 0.319 e. The van der Waals surface area contributed by atoms with Crippen LogP contribution in [0, 0.1) is 0 Å². The zero-order chi connectivity index (χ0) is 18.1. The van der Waals surface area contributed by atoms with E-state index in [1.165, 1.54) is 0 Å². The first-order valence-electron chi connectivity index (χ1n) is 8.35. The van der Waals surface area contributed by atoms with Gasteiger partial charge >= 0.3 is 12.0 Å². The Morgan fingerprint density at radius 3 is 2.92 bits per heavy atom. The molecule has 1 heterocycles. The quantitative estimate of drug-likeness (QED) is 0.610.